The number of aryl methyl sites for hydroxylation is 1. The molecule has 0 spiro atoms. The number of hydrogen-bond acceptors (Lipinski definition) is 3. The van der Waals surface area contributed by atoms with E-state index in [4.69, 9.17) is 9.47 Å². The van der Waals surface area contributed by atoms with Gasteiger partial charge in [-0.15, -0.1) is 0 Å². The van der Waals surface area contributed by atoms with E-state index in [-0.39, 0.29) is 12.7 Å². The molecule has 4 nitrogen and oxygen atoms in total. The number of amides is 1. The van der Waals surface area contributed by atoms with Gasteiger partial charge in [0.15, 0.2) is 11.5 Å². The number of rotatable bonds is 5. The van der Waals surface area contributed by atoms with Crippen LogP contribution in [0.15, 0.2) is 48.5 Å². The summed E-state index contributed by atoms with van der Waals surface area (Å²) in [5, 5.41) is 0. The standard InChI is InChI=1S/C18H19NO3/c1-19(12-15-5-3-2-4-6-15)18(20)10-8-14-7-9-16-17(11-14)22-13-21-16/h2-7,9,11H,8,10,12-13H2,1H3. The molecule has 1 amide bonds. The van der Waals surface area contributed by atoms with E-state index in [1.165, 1.54) is 0 Å². The molecule has 0 saturated carbocycles. The Morgan fingerprint density at radius 1 is 1.05 bits per heavy atom. The molecule has 22 heavy (non-hydrogen) atoms. The molecule has 0 radical (unpaired) electrons. The van der Waals surface area contributed by atoms with Crippen LogP contribution in [-0.2, 0) is 17.8 Å². The third-order valence-electron chi connectivity index (χ3n) is 3.75. The Morgan fingerprint density at radius 3 is 2.64 bits per heavy atom. The van der Waals surface area contributed by atoms with Crippen molar-refractivity contribution in [1.82, 2.24) is 4.90 Å². The average Bonchev–Trinajstić information content (AvgIpc) is 3.01. The van der Waals surface area contributed by atoms with E-state index >= 15 is 0 Å². The zero-order chi connectivity index (χ0) is 15.4. The molecule has 0 aromatic heterocycles. The van der Waals surface area contributed by atoms with Crippen LogP contribution < -0.4 is 9.47 Å². The lowest BCUT2D eigenvalue weighted by atomic mass is 10.1. The van der Waals surface area contributed by atoms with E-state index < -0.39 is 0 Å². The van der Waals surface area contributed by atoms with Gasteiger partial charge < -0.3 is 14.4 Å². The molecule has 1 heterocycles. The maximum absolute atomic E-state index is 12.2. The van der Waals surface area contributed by atoms with Gasteiger partial charge in [0.25, 0.3) is 0 Å². The highest BCUT2D eigenvalue weighted by Gasteiger charge is 2.14. The summed E-state index contributed by atoms with van der Waals surface area (Å²) >= 11 is 0. The molecule has 2 aromatic carbocycles. The van der Waals surface area contributed by atoms with Crippen molar-refractivity contribution in [2.24, 2.45) is 0 Å². The summed E-state index contributed by atoms with van der Waals surface area (Å²) in [7, 11) is 1.84. The molecule has 2 aromatic rings. The number of nitrogens with zero attached hydrogens (tertiary/aromatic N) is 1. The van der Waals surface area contributed by atoms with Gasteiger partial charge in [0.1, 0.15) is 0 Å². The number of fused-ring (bicyclic) bond motifs is 1. The monoisotopic (exact) mass is 297 g/mol. The highest BCUT2D eigenvalue weighted by Crippen LogP contribution is 2.32. The van der Waals surface area contributed by atoms with Crippen LogP contribution in [0.25, 0.3) is 0 Å². The molecule has 1 aliphatic heterocycles. The molecule has 3 rings (SSSR count). The summed E-state index contributed by atoms with van der Waals surface area (Å²) in [6.07, 6.45) is 1.19. The first-order valence-electron chi connectivity index (χ1n) is 7.39. The Balaban J connectivity index is 1.53. The predicted octanol–water partition coefficient (Wildman–Crippen LogP) is 3.01. The second-order valence-corrected chi connectivity index (χ2v) is 5.42. The molecule has 0 saturated heterocycles. The van der Waals surface area contributed by atoms with Crippen LogP contribution in [0.2, 0.25) is 0 Å². The van der Waals surface area contributed by atoms with E-state index in [0.717, 1.165) is 22.6 Å². The van der Waals surface area contributed by atoms with Gasteiger partial charge in [0.05, 0.1) is 0 Å². The van der Waals surface area contributed by atoms with E-state index in [1.54, 1.807) is 4.90 Å². The van der Waals surface area contributed by atoms with Gasteiger partial charge in [-0.1, -0.05) is 36.4 Å². The summed E-state index contributed by atoms with van der Waals surface area (Å²) in [5.74, 6) is 1.68. The molecule has 0 fully saturated rings. The normalized spacial score (nSPS) is 12.2. The summed E-state index contributed by atoms with van der Waals surface area (Å²) in [6.45, 7) is 0.915. The molecule has 0 unspecified atom stereocenters. The second-order valence-electron chi connectivity index (χ2n) is 5.42. The van der Waals surface area contributed by atoms with Gasteiger partial charge >= 0.3 is 0 Å². The van der Waals surface area contributed by atoms with Crippen molar-refractivity contribution in [3.05, 3.63) is 59.7 Å². The highest BCUT2D eigenvalue weighted by atomic mass is 16.7. The van der Waals surface area contributed by atoms with Crippen LogP contribution >= 0.6 is 0 Å². The van der Waals surface area contributed by atoms with E-state index in [0.29, 0.717) is 19.4 Å². The van der Waals surface area contributed by atoms with E-state index in [1.807, 2.05) is 55.6 Å². The van der Waals surface area contributed by atoms with Crippen molar-refractivity contribution in [3.63, 3.8) is 0 Å². The van der Waals surface area contributed by atoms with Crippen LogP contribution in [0.4, 0.5) is 0 Å². The van der Waals surface area contributed by atoms with Gasteiger partial charge in [-0.3, -0.25) is 4.79 Å². The first kappa shape index (κ1) is 14.4. The molecule has 1 aliphatic rings. The first-order valence-corrected chi connectivity index (χ1v) is 7.39. The van der Waals surface area contributed by atoms with Crippen molar-refractivity contribution < 1.29 is 14.3 Å². The third kappa shape index (κ3) is 3.39. The third-order valence-corrected chi connectivity index (χ3v) is 3.75. The number of carbonyl (C=O) groups is 1. The molecule has 0 atom stereocenters. The van der Waals surface area contributed by atoms with Crippen LogP contribution in [0.1, 0.15) is 17.5 Å². The van der Waals surface area contributed by atoms with E-state index in [2.05, 4.69) is 0 Å². The largest absolute Gasteiger partial charge is 0.454 e. The van der Waals surface area contributed by atoms with Crippen LogP contribution in [0.3, 0.4) is 0 Å². The zero-order valence-corrected chi connectivity index (χ0v) is 12.6. The number of ether oxygens (including phenoxy) is 2. The van der Waals surface area contributed by atoms with Gasteiger partial charge in [-0.25, -0.2) is 0 Å². The zero-order valence-electron chi connectivity index (χ0n) is 12.6. The lowest BCUT2D eigenvalue weighted by molar-refractivity contribution is -0.130. The summed E-state index contributed by atoms with van der Waals surface area (Å²) in [5.41, 5.74) is 2.23. The molecular weight excluding hydrogens is 278 g/mol. The average molecular weight is 297 g/mol. The molecule has 114 valence electrons. The van der Waals surface area contributed by atoms with Gasteiger partial charge in [0, 0.05) is 20.0 Å². The predicted molar refractivity (Wildman–Crippen MR) is 83.8 cm³/mol. The van der Waals surface area contributed by atoms with Crippen LogP contribution in [-0.4, -0.2) is 24.6 Å². The summed E-state index contributed by atoms with van der Waals surface area (Å²) < 4.78 is 10.6. The molecule has 4 heteroatoms. The Kier molecular flexibility index (Phi) is 4.28. The maximum atomic E-state index is 12.2. The molecule has 0 bridgehead atoms. The quantitative estimate of drug-likeness (QED) is 0.851. The Morgan fingerprint density at radius 2 is 1.82 bits per heavy atom. The smallest absolute Gasteiger partial charge is 0.231 e. The minimum absolute atomic E-state index is 0.140. The molecule has 0 aliphatic carbocycles. The van der Waals surface area contributed by atoms with Crippen molar-refractivity contribution in [3.8, 4) is 11.5 Å². The number of hydrogen-bond donors (Lipinski definition) is 0. The second kappa shape index (κ2) is 6.52. The Labute approximate surface area is 130 Å². The Hall–Kier alpha value is -2.49. The van der Waals surface area contributed by atoms with Crippen molar-refractivity contribution in [1.29, 1.82) is 0 Å². The fraction of sp³-hybridized carbons (Fsp3) is 0.278. The fourth-order valence-corrected chi connectivity index (χ4v) is 2.48. The fourth-order valence-electron chi connectivity index (χ4n) is 2.48. The van der Waals surface area contributed by atoms with E-state index in [9.17, 15) is 4.79 Å². The minimum Gasteiger partial charge on any atom is -0.454 e. The van der Waals surface area contributed by atoms with Crippen LogP contribution in [0.5, 0.6) is 11.5 Å². The summed E-state index contributed by atoms with van der Waals surface area (Å²) in [4.78, 5) is 14.0. The van der Waals surface area contributed by atoms with Crippen LogP contribution in [0, 0.1) is 0 Å². The lowest BCUT2D eigenvalue weighted by Gasteiger charge is -2.17. The van der Waals surface area contributed by atoms with Crippen molar-refractivity contribution >= 4 is 5.91 Å². The Bertz CT molecular complexity index is 655. The number of carbonyl (C=O) groups excluding carboxylic acids is 1. The van der Waals surface area contributed by atoms with Gasteiger partial charge in [-0.05, 0) is 29.7 Å². The molecule has 0 N–H and O–H groups in total. The first-order chi connectivity index (χ1) is 10.7. The topological polar surface area (TPSA) is 38.8 Å². The van der Waals surface area contributed by atoms with Gasteiger partial charge in [0.2, 0.25) is 12.7 Å². The lowest BCUT2D eigenvalue weighted by Crippen LogP contribution is -2.26. The molecular formula is C18H19NO3. The summed E-state index contributed by atoms with van der Waals surface area (Å²) in [6, 6.07) is 15.8. The minimum atomic E-state index is 0.140. The van der Waals surface area contributed by atoms with Crippen molar-refractivity contribution in [2.45, 2.75) is 19.4 Å². The number of benzene rings is 2. The SMILES string of the molecule is CN(Cc1ccccc1)C(=O)CCc1ccc2c(c1)OCO2. The maximum Gasteiger partial charge on any atom is 0.231 e. The highest BCUT2D eigenvalue weighted by molar-refractivity contribution is 5.76. The van der Waals surface area contributed by atoms with Gasteiger partial charge in [-0.2, -0.15) is 0 Å². The van der Waals surface area contributed by atoms with Crippen molar-refractivity contribution in [2.75, 3.05) is 13.8 Å².